The highest BCUT2D eigenvalue weighted by Crippen LogP contribution is 2.19. The maximum Gasteiger partial charge on any atom is 0.306 e. The average molecular weight is 1120 g/mol. The summed E-state index contributed by atoms with van der Waals surface area (Å²) in [6.07, 6.45) is 96.0. The van der Waals surface area contributed by atoms with E-state index in [2.05, 4.69) is 62.5 Å². The van der Waals surface area contributed by atoms with Crippen LogP contribution < -0.4 is 0 Å². The van der Waals surface area contributed by atoms with E-state index < -0.39 is 6.10 Å². The number of aliphatic hydroxyl groups is 1. The Kier molecular flexibility index (Phi) is 69.2. The first kappa shape index (κ1) is 77.9. The number of allylic oxidation sites excluding steroid dienone is 8. The van der Waals surface area contributed by atoms with E-state index >= 15 is 0 Å². The lowest BCUT2D eigenvalue weighted by molar-refractivity contribution is -0.161. The number of ether oxygens (including phenoxy) is 2. The van der Waals surface area contributed by atoms with E-state index in [9.17, 15) is 14.7 Å². The van der Waals surface area contributed by atoms with Crippen LogP contribution in [0.5, 0.6) is 0 Å². The summed E-state index contributed by atoms with van der Waals surface area (Å²) in [5.41, 5.74) is 0. The zero-order valence-electron chi connectivity index (χ0n) is 54.1. The van der Waals surface area contributed by atoms with E-state index in [1.807, 2.05) is 0 Å². The van der Waals surface area contributed by atoms with Crippen LogP contribution in [0.1, 0.15) is 399 Å². The zero-order valence-corrected chi connectivity index (χ0v) is 54.1. The van der Waals surface area contributed by atoms with Gasteiger partial charge >= 0.3 is 11.9 Å². The standard InChI is InChI=1S/C75H140O5/c1-3-5-7-9-11-13-15-17-19-21-23-25-27-29-31-33-34-35-36-37-38-39-40-42-44-46-48-50-52-54-56-58-60-62-64-66-68-70-75(78)80-73(71-76)72-79-74(77)69-67-65-63-61-59-57-55-53-51-49-47-45-43-41-32-30-28-26-24-22-20-18-16-14-12-10-8-6-4-2/h5,7,11,13,17,19,23,25,73,76H,3-4,6,8-10,12,14-16,18,20-22,24,26-72H2,1-2H3/b7-5-,13-11-,19-17-,25-23-. The molecule has 470 valence electrons. The number of esters is 2. The normalized spacial score (nSPS) is 12.4. The Morgan fingerprint density at radius 3 is 0.812 bits per heavy atom. The third kappa shape index (κ3) is 68.4. The molecule has 0 aromatic carbocycles. The molecule has 0 radical (unpaired) electrons. The van der Waals surface area contributed by atoms with Crippen molar-refractivity contribution in [2.75, 3.05) is 13.2 Å². The SMILES string of the molecule is CC/C=C\C/C=C\C/C=C\C/C=C\CCCCCCCCCCCCCCCCCCCCCCCCCCC(=O)OC(CO)COC(=O)CCCCCCCCCCCCCCCCCCCCCCCCCCCCCCC. The molecule has 0 aliphatic heterocycles. The Hall–Kier alpha value is -2.14. The molecule has 0 aliphatic rings. The second-order valence-electron chi connectivity index (χ2n) is 24.7. The van der Waals surface area contributed by atoms with Gasteiger partial charge in [-0.2, -0.15) is 0 Å². The van der Waals surface area contributed by atoms with Gasteiger partial charge in [-0.25, -0.2) is 0 Å². The summed E-state index contributed by atoms with van der Waals surface area (Å²) in [6.45, 7) is 4.10. The van der Waals surface area contributed by atoms with E-state index in [1.165, 1.54) is 315 Å². The first-order valence-electron chi connectivity index (χ1n) is 36.2. The van der Waals surface area contributed by atoms with Crippen molar-refractivity contribution < 1.29 is 24.2 Å². The summed E-state index contributed by atoms with van der Waals surface area (Å²) in [7, 11) is 0. The van der Waals surface area contributed by atoms with Crippen molar-refractivity contribution in [3.63, 3.8) is 0 Å². The lowest BCUT2D eigenvalue weighted by Crippen LogP contribution is -2.28. The molecule has 0 amide bonds. The van der Waals surface area contributed by atoms with Crippen LogP contribution in [0.2, 0.25) is 0 Å². The summed E-state index contributed by atoms with van der Waals surface area (Å²) < 4.78 is 10.8. The summed E-state index contributed by atoms with van der Waals surface area (Å²) in [6, 6.07) is 0. The summed E-state index contributed by atoms with van der Waals surface area (Å²) in [5.74, 6) is -0.563. The van der Waals surface area contributed by atoms with E-state index in [-0.39, 0.29) is 25.2 Å². The Morgan fingerprint density at radius 2 is 0.537 bits per heavy atom. The molecule has 5 heteroatoms. The number of carbonyl (C=O) groups is 2. The molecule has 80 heavy (non-hydrogen) atoms. The second-order valence-corrected chi connectivity index (χ2v) is 24.7. The molecular formula is C75H140O5. The summed E-state index contributed by atoms with van der Waals surface area (Å²) in [4.78, 5) is 24.7. The fraction of sp³-hybridized carbons (Fsp3) is 0.867. The molecule has 5 nitrogen and oxygen atoms in total. The fourth-order valence-electron chi connectivity index (χ4n) is 11.3. The molecule has 0 spiro atoms. The monoisotopic (exact) mass is 1120 g/mol. The summed E-state index contributed by atoms with van der Waals surface area (Å²) >= 11 is 0. The van der Waals surface area contributed by atoms with Crippen molar-refractivity contribution >= 4 is 11.9 Å². The quantitative estimate of drug-likeness (QED) is 0.0373. The van der Waals surface area contributed by atoms with Gasteiger partial charge < -0.3 is 14.6 Å². The van der Waals surface area contributed by atoms with Crippen molar-refractivity contribution in [2.24, 2.45) is 0 Å². The van der Waals surface area contributed by atoms with Gasteiger partial charge in [0.05, 0.1) is 6.61 Å². The van der Waals surface area contributed by atoms with E-state index in [0.29, 0.717) is 12.8 Å². The van der Waals surface area contributed by atoms with Gasteiger partial charge in [0, 0.05) is 12.8 Å². The van der Waals surface area contributed by atoms with Crippen molar-refractivity contribution in [1.29, 1.82) is 0 Å². The molecule has 0 rings (SSSR count). The number of rotatable bonds is 68. The predicted octanol–water partition coefficient (Wildman–Crippen LogP) is 25.1. The first-order valence-corrected chi connectivity index (χ1v) is 36.2. The second kappa shape index (κ2) is 71.1. The fourth-order valence-corrected chi connectivity index (χ4v) is 11.3. The molecule has 1 N–H and O–H groups in total. The van der Waals surface area contributed by atoms with E-state index in [1.54, 1.807) is 0 Å². The molecule has 1 unspecified atom stereocenters. The molecule has 0 heterocycles. The molecule has 0 aliphatic carbocycles. The number of hydrogen-bond donors (Lipinski definition) is 1. The van der Waals surface area contributed by atoms with Crippen LogP contribution in [0, 0.1) is 0 Å². The predicted molar refractivity (Wildman–Crippen MR) is 353 cm³/mol. The number of carbonyl (C=O) groups excluding carboxylic acids is 2. The Morgan fingerprint density at radius 1 is 0.300 bits per heavy atom. The molecule has 0 saturated heterocycles. The van der Waals surface area contributed by atoms with Crippen molar-refractivity contribution in [1.82, 2.24) is 0 Å². The average Bonchev–Trinajstić information content (AvgIpc) is 3.46. The van der Waals surface area contributed by atoms with Crippen LogP contribution in [-0.2, 0) is 19.1 Å². The van der Waals surface area contributed by atoms with Gasteiger partial charge in [-0.1, -0.05) is 383 Å². The first-order chi connectivity index (χ1) is 39.6. The molecule has 0 bridgehead atoms. The van der Waals surface area contributed by atoms with Crippen LogP contribution in [0.4, 0.5) is 0 Å². The molecule has 0 saturated carbocycles. The van der Waals surface area contributed by atoms with Gasteiger partial charge in [-0.3, -0.25) is 9.59 Å². The van der Waals surface area contributed by atoms with Crippen LogP contribution in [-0.4, -0.2) is 36.4 Å². The molecule has 0 aromatic heterocycles. The minimum absolute atomic E-state index is 0.0584. The summed E-state index contributed by atoms with van der Waals surface area (Å²) in [5, 5.41) is 9.71. The minimum Gasteiger partial charge on any atom is -0.462 e. The molecular weight excluding hydrogens is 981 g/mol. The largest absolute Gasteiger partial charge is 0.462 e. The minimum atomic E-state index is -0.769. The van der Waals surface area contributed by atoms with Crippen LogP contribution in [0.3, 0.4) is 0 Å². The maximum atomic E-state index is 12.4. The highest BCUT2D eigenvalue weighted by atomic mass is 16.6. The van der Waals surface area contributed by atoms with Gasteiger partial charge in [0.15, 0.2) is 6.10 Å². The van der Waals surface area contributed by atoms with E-state index in [0.717, 1.165) is 57.8 Å². The van der Waals surface area contributed by atoms with Gasteiger partial charge in [-0.15, -0.1) is 0 Å². The van der Waals surface area contributed by atoms with Gasteiger partial charge in [0.2, 0.25) is 0 Å². The van der Waals surface area contributed by atoms with E-state index in [4.69, 9.17) is 9.47 Å². The Labute approximate surface area is 500 Å². The van der Waals surface area contributed by atoms with Crippen molar-refractivity contribution in [2.45, 2.75) is 405 Å². The van der Waals surface area contributed by atoms with Gasteiger partial charge in [0.1, 0.15) is 6.61 Å². The molecule has 0 fully saturated rings. The number of aliphatic hydroxyl groups excluding tert-OH is 1. The maximum absolute atomic E-state index is 12.4. The van der Waals surface area contributed by atoms with Crippen LogP contribution >= 0.6 is 0 Å². The Balaban J connectivity index is 3.37. The van der Waals surface area contributed by atoms with Crippen LogP contribution in [0.25, 0.3) is 0 Å². The molecule has 1 atom stereocenters. The third-order valence-corrected chi connectivity index (χ3v) is 16.6. The lowest BCUT2D eigenvalue weighted by Gasteiger charge is -2.15. The highest BCUT2D eigenvalue weighted by Gasteiger charge is 2.16. The lowest BCUT2D eigenvalue weighted by atomic mass is 10.0. The smallest absolute Gasteiger partial charge is 0.306 e. The topological polar surface area (TPSA) is 72.8 Å². The van der Waals surface area contributed by atoms with Gasteiger partial charge in [-0.05, 0) is 51.4 Å². The zero-order chi connectivity index (χ0) is 57.6. The number of unbranched alkanes of at least 4 members (excludes halogenated alkanes) is 52. The van der Waals surface area contributed by atoms with Crippen LogP contribution in [0.15, 0.2) is 48.6 Å². The highest BCUT2D eigenvalue weighted by molar-refractivity contribution is 5.70. The Bertz CT molecular complexity index is 1320. The number of hydrogen-bond acceptors (Lipinski definition) is 5. The molecule has 0 aromatic rings. The van der Waals surface area contributed by atoms with Crippen molar-refractivity contribution in [3.05, 3.63) is 48.6 Å². The third-order valence-electron chi connectivity index (χ3n) is 16.6. The van der Waals surface area contributed by atoms with Crippen molar-refractivity contribution in [3.8, 4) is 0 Å². The van der Waals surface area contributed by atoms with Gasteiger partial charge in [0.25, 0.3) is 0 Å².